The van der Waals surface area contributed by atoms with Crippen molar-refractivity contribution in [2.45, 2.75) is 26.0 Å². The molecule has 1 aliphatic heterocycles. The number of ether oxygens (including phenoxy) is 1. The molecule has 0 aliphatic carbocycles. The second-order valence-electron chi connectivity index (χ2n) is 7.04. The minimum absolute atomic E-state index is 0.0290. The van der Waals surface area contributed by atoms with Crippen molar-refractivity contribution in [3.05, 3.63) is 69.7 Å². The second kappa shape index (κ2) is 9.85. The van der Waals surface area contributed by atoms with Gasteiger partial charge >= 0.3 is 0 Å². The quantitative estimate of drug-likeness (QED) is 0.737. The maximum absolute atomic E-state index is 12.6. The van der Waals surface area contributed by atoms with Gasteiger partial charge in [-0.25, -0.2) is 0 Å². The molecule has 2 aromatic rings. The third-order valence-electron chi connectivity index (χ3n) is 5.01. The van der Waals surface area contributed by atoms with E-state index in [9.17, 15) is 9.59 Å². The fourth-order valence-corrected chi connectivity index (χ4v) is 3.71. The first-order valence-corrected chi connectivity index (χ1v) is 10.3. The van der Waals surface area contributed by atoms with Crippen LogP contribution in [0, 0.1) is 5.92 Å². The summed E-state index contributed by atoms with van der Waals surface area (Å²) in [4.78, 5) is 26.9. The molecule has 148 valence electrons. The van der Waals surface area contributed by atoms with Gasteiger partial charge in [-0.15, -0.1) is 0 Å². The summed E-state index contributed by atoms with van der Waals surface area (Å²) in [7, 11) is 1.67. The van der Waals surface area contributed by atoms with Gasteiger partial charge in [-0.05, 0) is 48.2 Å². The zero-order valence-corrected chi connectivity index (χ0v) is 17.6. The van der Waals surface area contributed by atoms with Gasteiger partial charge in [0, 0.05) is 42.7 Å². The van der Waals surface area contributed by atoms with Gasteiger partial charge in [0.15, 0.2) is 0 Å². The van der Waals surface area contributed by atoms with E-state index < -0.39 is 0 Å². The van der Waals surface area contributed by atoms with Gasteiger partial charge in [-0.1, -0.05) is 40.2 Å². The van der Waals surface area contributed by atoms with Crippen LogP contribution in [-0.4, -0.2) is 36.9 Å². The van der Waals surface area contributed by atoms with E-state index in [1.807, 2.05) is 53.4 Å². The number of piperidine rings is 1. The highest BCUT2D eigenvalue weighted by Crippen LogP contribution is 2.20. The summed E-state index contributed by atoms with van der Waals surface area (Å²) in [6.07, 6.45) is 1.38. The lowest BCUT2D eigenvalue weighted by atomic mass is 9.95. The largest absolute Gasteiger partial charge is 0.380 e. The number of hydrogen-bond donors (Lipinski definition) is 1. The van der Waals surface area contributed by atoms with Crippen molar-refractivity contribution >= 4 is 27.7 Å². The molecule has 3 rings (SSSR count). The Morgan fingerprint density at radius 2 is 1.79 bits per heavy atom. The molecule has 28 heavy (non-hydrogen) atoms. The summed E-state index contributed by atoms with van der Waals surface area (Å²) in [6, 6.07) is 15.4. The van der Waals surface area contributed by atoms with E-state index in [1.54, 1.807) is 7.11 Å². The third kappa shape index (κ3) is 5.42. The van der Waals surface area contributed by atoms with Crippen LogP contribution < -0.4 is 5.32 Å². The summed E-state index contributed by atoms with van der Waals surface area (Å²) in [6.45, 7) is 2.29. The van der Waals surface area contributed by atoms with E-state index in [1.165, 1.54) is 0 Å². The molecule has 0 unspecified atom stereocenters. The number of hydrogen-bond acceptors (Lipinski definition) is 3. The highest BCUT2D eigenvalue weighted by atomic mass is 79.9. The minimum atomic E-state index is -0.0453. The Morgan fingerprint density at radius 1 is 1.11 bits per heavy atom. The van der Waals surface area contributed by atoms with Gasteiger partial charge in [0.2, 0.25) is 5.91 Å². The van der Waals surface area contributed by atoms with Crippen molar-refractivity contribution in [2.75, 3.05) is 20.2 Å². The Labute approximate surface area is 174 Å². The van der Waals surface area contributed by atoms with E-state index >= 15 is 0 Å². The zero-order chi connectivity index (χ0) is 19.9. The highest BCUT2D eigenvalue weighted by molar-refractivity contribution is 9.10. The van der Waals surface area contributed by atoms with Crippen LogP contribution in [0.3, 0.4) is 0 Å². The molecule has 1 saturated heterocycles. The van der Waals surface area contributed by atoms with Gasteiger partial charge in [0.25, 0.3) is 5.91 Å². The summed E-state index contributed by atoms with van der Waals surface area (Å²) in [5.41, 5.74) is 2.84. The van der Waals surface area contributed by atoms with E-state index in [2.05, 4.69) is 21.2 Å². The Hall–Kier alpha value is -2.18. The fraction of sp³-hybridized carbons (Fsp3) is 0.364. The number of methoxy groups -OCH3 is 1. The molecule has 1 aliphatic rings. The van der Waals surface area contributed by atoms with Crippen molar-refractivity contribution in [1.82, 2.24) is 10.2 Å². The molecule has 1 heterocycles. The molecule has 1 N–H and O–H groups in total. The monoisotopic (exact) mass is 444 g/mol. The number of nitrogens with zero attached hydrogens (tertiary/aromatic N) is 1. The van der Waals surface area contributed by atoms with E-state index in [0.717, 1.165) is 15.6 Å². The molecule has 0 spiro atoms. The van der Waals surface area contributed by atoms with E-state index in [0.29, 0.717) is 44.6 Å². The molecule has 6 heteroatoms. The normalized spacial score (nSPS) is 14.7. The maximum Gasteiger partial charge on any atom is 0.253 e. The molecule has 0 atom stereocenters. The molecule has 2 amide bonds. The minimum Gasteiger partial charge on any atom is -0.380 e. The van der Waals surface area contributed by atoms with Gasteiger partial charge in [0.1, 0.15) is 0 Å². The molecular weight excluding hydrogens is 420 g/mol. The maximum atomic E-state index is 12.6. The van der Waals surface area contributed by atoms with E-state index in [4.69, 9.17) is 4.74 Å². The average molecular weight is 445 g/mol. The van der Waals surface area contributed by atoms with Crippen LogP contribution in [0.25, 0.3) is 0 Å². The van der Waals surface area contributed by atoms with Crippen molar-refractivity contribution in [3.8, 4) is 0 Å². The third-order valence-corrected chi connectivity index (χ3v) is 5.54. The number of amides is 2. The first-order chi connectivity index (χ1) is 13.6. The lowest BCUT2D eigenvalue weighted by Crippen LogP contribution is -2.42. The Kier molecular flexibility index (Phi) is 7.23. The predicted molar refractivity (Wildman–Crippen MR) is 112 cm³/mol. The Morgan fingerprint density at radius 3 is 2.46 bits per heavy atom. The van der Waals surface area contributed by atoms with Crippen molar-refractivity contribution in [2.24, 2.45) is 5.92 Å². The van der Waals surface area contributed by atoms with Crippen molar-refractivity contribution < 1.29 is 14.3 Å². The highest BCUT2D eigenvalue weighted by Gasteiger charge is 2.27. The first kappa shape index (κ1) is 20.6. The van der Waals surface area contributed by atoms with Crippen LogP contribution >= 0.6 is 15.9 Å². The van der Waals surface area contributed by atoms with Gasteiger partial charge in [0.05, 0.1) is 6.61 Å². The molecule has 5 nitrogen and oxygen atoms in total. The van der Waals surface area contributed by atoms with Crippen molar-refractivity contribution in [3.63, 3.8) is 0 Å². The Balaban J connectivity index is 1.47. The second-order valence-corrected chi connectivity index (χ2v) is 7.96. The number of halogens is 1. The molecule has 1 fully saturated rings. The van der Waals surface area contributed by atoms with Gasteiger partial charge in [-0.2, -0.15) is 0 Å². The van der Waals surface area contributed by atoms with E-state index in [-0.39, 0.29) is 17.7 Å². The molecule has 0 radical (unpaired) electrons. The summed E-state index contributed by atoms with van der Waals surface area (Å²) in [5.74, 6) is 0.0466. The summed E-state index contributed by atoms with van der Waals surface area (Å²) < 4.78 is 6.10. The smallest absolute Gasteiger partial charge is 0.253 e. The van der Waals surface area contributed by atoms with Crippen LogP contribution in [0.5, 0.6) is 0 Å². The Bertz CT molecular complexity index is 815. The predicted octanol–water partition coefficient (Wildman–Crippen LogP) is 3.76. The number of nitrogens with one attached hydrogen (secondary N) is 1. The molecule has 0 aromatic heterocycles. The lowest BCUT2D eigenvalue weighted by molar-refractivity contribution is -0.126. The van der Waals surface area contributed by atoms with Crippen LogP contribution in [0.2, 0.25) is 0 Å². The fourth-order valence-electron chi connectivity index (χ4n) is 3.45. The standard InChI is InChI=1S/C22H25BrN2O3/c1-28-15-17-4-2-3-16(13-17)14-24-21(26)18-9-11-25(12-10-18)22(27)19-5-7-20(23)8-6-19/h2-8,13,18H,9-12,14-15H2,1H3,(H,24,26). The van der Waals surface area contributed by atoms with Crippen LogP contribution in [0.15, 0.2) is 53.0 Å². The number of rotatable bonds is 6. The van der Waals surface area contributed by atoms with Gasteiger partial charge in [-0.3, -0.25) is 9.59 Å². The van der Waals surface area contributed by atoms with Crippen LogP contribution in [0.4, 0.5) is 0 Å². The molecule has 0 saturated carbocycles. The number of carbonyl (C=O) groups is 2. The first-order valence-electron chi connectivity index (χ1n) is 9.46. The van der Waals surface area contributed by atoms with Crippen LogP contribution in [0.1, 0.15) is 34.3 Å². The summed E-state index contributed by atoms with van der Waals surface area (Å²) >= 11 is 3.38. The van der Waals surface area contributed by atoms with Gasteiger partial charge < -0.3 is 15.0 Å². The SMILES string of the molecule is COCc1cccc(CNC(=O)C2CCN(C(=O)c3ccc(Br)cc3)CC2)c1. The summed E-state index contributed by atoms with van der Waals surface area (Å²) in [5, 5.41) is 3.03. The van der Waals surface area contributed by atoms with Crippen molar-refractivity contribution in [1.29, 1.82) is 0 Å². The number of benzene rings is 2. The number of carbonyl (C=O) groups excluding carboxylic acids is 2. The lowest BCUT2D eigenvalue weighted by Gasteiger charge is -2.31. The molecular formula is C22H25BrN2O3. The average Bonchev–Trinajstić information content (AvgIpc) is 2.73. The number of likely N-dealkylation sites (tertiary alicyclic amines) is 1. The molecule has 0 bridgehead atoms. The molecule has 2 aromatic carbocycles. The van der Waals surface area contributed by atoms with Crippen LogP contribution in [-0.2, 0) is 22.7 Å². The zero-order valence-electron chi connectivity index (χ0n) is 16.0. The topological polar surface area (TPSA) is 58.6 Å².